The predicted octanol–water partition coefficient (Wildman–Crippen LogP) is -4.38. The molecular weight excluding hydrogens is 81.9 g/mol. The molecule has 0 aromatic rings. The molecule has 0 bridgehead atoms. The zero-order valence-corrected chi connectivity index (χ0v) is 5.59. The molecule has 0 aromatic heterocycles. The van der Waals surface area contributed by atoms with Gasteiger partial charge in [-0.1, -0.05) is 0 Å². The quantitative estimate of drug-likeness (QED) is 0.292. The third-order valence-electron chi connectivity index (χ3n) is 0. The molecule has 4 heteroatoms. The summed E-state index contributed by atoms with van der Waals surface area (Å²) in [5.74, 6) is 0. The summed E-state index contributed by atoms with van der Waals surface area (Å²) >= 11 is 0. The van der Waals surface area contributed by atoms with Crippen LogP contribution in [0.5, 0.6) is 0 Å². The second-order valence-electron chi connectivity index (χ2n) is 0.115. The van der Waals surface area contributed by atoms with Crippen molar-refractivity contribution in [2.75, 3.05) is 0 Å². The van der Waals surface area contributed by atoms with Crippen LogP contribution in [0.3, 0.4) is 0 Å². The normalized spacial score (nSPS) is 3.50. The molecule has 0 rings (SSSR count). The first kappa shape index (κ1) is 9.15. The third-order valence-corrected chi connectivity index (χ3v) is 0. The summed E-state index contributed by atoms with van der Waals surface area (Å²) in [6.07, 6.45) is 0. The van der Waals surface area contributed by atoms with Crippen molar-refractivity contribution in [3.05, 3.63) is 0 Å². The Balaban J connectivity index is -0.0000000200. The van der Waals surface area contributed by atoms with Crippen molar-refractivity contribution >= 4 is 7.69 Å². The maximum absolute atomic E-state index is 7.00. The molecule has 0 saturated heterocycles. The van der Waals surface area contributed by atoms with Gasteiger partial charge in [0.2, 0.25) is 0 Å². The van der Waals surface area contributed by atoms with Crippen LogP contribution >= 0.6 is 0 Å². The fourth-order valence-corrected chi connectivity index (χ4v) is 0. The average Bonchev–Trinajstić information content (AvgIpc) is 0.918. The molecule has 0 aliphatic carbocycles. The van der Waals surface area contributed by atoms with Crippen LogP contribution in [-0.2, 0) is 0 Å². The fraction of sp³-hybridized carbons (Fsp3) is 0. The van der Waals surface area contributed by atoms with Crippen LogP contribution < -0.4 is 51.4 Å². The minimum Gasteiger partial charge on any atom is -1.00 e. The van der Waals surface area contributed by atoms with Gasteiger partial charge in [-0.3, -0.25) is 0 Å². The fourth-order valence-electron chi connectivity index (χ4n) is 0. The second-order valence-corrected chi connectivity index (χ2v) is 0.115. The van der Waals surface area contributed by atoms with Crippen LogP contribution in [0.1, 0.15) is 1.43 Å². The van der Waals surface area contributed by atoms with E-state index in [1.807, 2.05) is 0 Å². The topological polar surface area (TPSA) is 40.5 Å². The number of rotatable bonds is 0. The van der Waals surface area contributed by atoms with E-state index in [0.717, 1.165) is 0 Å². The first-order chi connectivity index (χ1) is 1.41. The summed E-state index contributed by atoms with van der Waals surface area (Å²) in [5, 5.41) is 14.0. The predicted molar refractivity (Wildman–Crippen MR) is 11.3 cm³/mol. The first-order valence-electron chi connectivity index (χ1n) is 0.516. The molecule has 0 atom stereocenters. The van der Waals surface area contributed by atoms with Crippen LogP contribution in [-0.4, -0.2) is 17.7 Å². The van der Waals surface area contributed by atoms with Crippen molar-refractivity contribution in [3.8, 4) is 0 Å². The van der Waals surface area contributed by atoms with Gasteiger partial charge in [-0.05, 0) is 0 Å². The Morgan fingerprint density at radius 1 is 1.50 bits per heavy atom. The van der Waals surface area contributed by atoms with Gasteiger partial charge >= 0.3 is 59.1 Å². The molecule has 0 saturated carbocycles. The monoisotopic (exact) mass is 85.0 g/mol. The molecular formula is H3BKO2. The van der Waals surface area contributed by atoms with Crippen molar-refractivity contribution in [2.24, 2.45) is 0 Å². The summed E-state index contributed by atoms with van der Waals surface area (Å²) < 4.78 is 0. The van der Waals surface area contributed by atoms with Gasteiger partial charge in [0, 0.05) is 0 Å². The Bertz CT molecular complexity index is 9.61. The summed E-state index contributed by atoms with van der Waals surface area (Å²) in [6, 6.07) is 0. The van der Waals surface area contributed by atoms with Gasteiger partial charge in [0.1, 0.15) is 0 Å². The molecule has 2 N–H and O–H groups in total. The largest absolute Gasteiger partial charge is 1.00 e. The van der Waals surface area contributed by atoms with Gasteiger partial charge in [0.05, 0.1) is 0 Å². The van der Waals surface area contributed by atoms with Gasteiger partial charge in [-0.2, -0.15) is 0 Å². The number of hydrogen-bond donors (Lipinski definition) is 2. The van der Waals surface area contributed by atoms with E-state index in [-0.39, 0.29) is 60.5 Å². The van der Waals surface area contributed by atoms with E-state index in [1.165, 1.54) is 0 Å². The maximum Gasteiger partial charge on any atom is 1.00 e. The van der Waals surface area contributed by atoms with Crippen LogP contribution in [0.4, 0.5) is 0 Å². The second kappa shape index (κ2) is 8.82. The minimum atomic E-state index is 0. The molecule has 0 heterocycles. The Morgan fingerprint density at radius 2 is 1.50 bits per heavy atom. The van der Waals surface area contributed by atoms with Crippen molar-refractivity contribution in [2.45, 2.75) is 0 Å². The molecule has 19 valence electrons. The molecule has 2 nitrogen and oxygen atoms in total. The van der Waals surface area contributed by atoms with E-state index in [2.05, 4.69) is 0 Å². The van der Waals surface area contributed by atoms with Gasteiger partial charge in [0.15, 0.2) is 0 Å². The Labute approximate surface area is 69.4 Å². The van der Waals surface area contributed by atoms with Crippen molar-refractivity contribution in [1.82, 2.24) is 0 Å². The molecule has 0 aliphatic rings. The van der Waals surface area contributed by atoms with E-state index in [9.17, 15) is 0 Å². The van der Waals surface area contributed by atoms with Crippen LogP contribution in [0, 0.1) is 0 Å². The molecule has 0 fully saturated rings. The summed E-state index contributed by atoms with van der Waals surface area (Å²) in [5.41, 5.74) is 0. The Hall–Kier alpha value is 1.62. The molecule has 0 amide bonds. The molecule has 1 radical (unpaired) electrons. The smallest absolute Gasteiger partial charge is 1.00 e. The van der Waals surface area contributed by atoms with Gasteiger partial charge in [0.25, 0.3) is 0 Å². The summed E-state index contributed by atoms with van der Waals surface area (Å²) in [7, 11) is 0. The minimum absolute atomic E-state index is 0. The Morgan fingerprint density at radius 3 is 1.50 bits per heavy atom. The zero-order valence-electron chi connectivity index (χ0n) is 3.47. The third kappa shape index (κ3) is 9.47. The van der Waals surface area contributed by atoms with Gasteiger partial charge in [-0.25, -0.2) is 0 Å². The van der Waals surface area contributed by atoms with E-state index in [1.54, 1.807) is 0 Å². The first-order valence-corrected chi connectivity index (χ1v) is 0.516. The van der Waals surface area contributed by atoms with Crippen LogP contribution in [0.2, 0.25) is 0 Å². The van der Waals surface area contributed by atoms with E-state index >= 15 is 0 Å². The zero-order chi connectivity index (χ0) is 2.71. The Kier molecular flexibility index (Phi) is 20.2. The van der Waals surface area contributed by atoms with Crippen LogP contribution in [0.15, 0.2) is 0 Å². The van der Waals surface area contributed by atoms with Gasteiger partial charge < -0.3 is 11.5 Å². The molecule has 0 unspecified atom stereocenters. The molecule has 0 aliphatic heterocycles. The van der Waals surface area contributed by atoms with E-state index in [4.69, 9.17) is 10.0 Å². The maximum atomic E-state index is 7.00. The number of hydrogen-bond acceptors (Lipinski definition) is 2. The van der Waals surface area contributed by atoms with Crippen molar-refractivity contribution < 1.29 is 62.9 Å². The van der Waals surface area contributed by atoms with Crippen molar-refractivity contribution in [1.29, 1.82) is 0 Å². The van der Waals surface area contributed by atoms with Gasteiger partial charge in [-0.15, -0.1) is 0 Å². The average molecular weight is 84.9 g/mol. The molecule has 0 spiro atoms. The molecule has 0 aromatic carbocycles. The standard InChI is InChI=1S/BH2O2.K.H/c2-1-3;;/h2-3H;;/q;+1;-1. The van der Waals surface area contributed by atoms with E-state index < -0.39 is 0 Å². The van der Waals surface area contributed by atoms with Crippen molar-refractivity contribution in [3.63, 3.8) is 0 Å². The summed E-state index contributed by atoms with van der Waals surface area (Å²) in [4.78, 5) is 0. The molecule has 4 heavy (non-hydrogen) atoms. The summed E-state index contributed by atoms with van der Waals surface area (Å²) in [6.45, 7) is 0. The SMILES string of the molecule is O[B]O.[H-].[K+]. The van der Waals surface area contributed by atoms with Crippen LogP contribution in [0.25, 0.3) is 0 Å². The van der Waals surface area contributed by atoms with E-state index in [0.29, 0.717) is 0 Å².